The fourth-order valence-electron chi connectivity index (χ4n) is 1.10. The second-order valence-corrected chi connectivity index (χ2v) is 3.45. The van der Waals surface area contributed by atoms with E-state index in [-0.39, 0.29) is 5.78 Å². The average Bonchev–Trinajstić information content (AvgIpc) is 2.48. The van der Waals surface area contributed by atoms with Crippen molar-refractivity contribution in [1.29, 1.82) is 10.5 Å². The molecule has 0 fully saturated rings. The molecule has 0 N–H and O–H groups in total. The minimum Gasteiger partial charge on any atom is -0.293 e. The van der Waals surface area contributed by atoms with Gasteiger partial charge in [-0.3, -0.25) is 14.8 Å². The van der Waals surface area contributed by atoms with Crippen LogP contribution in [-0.4, -0.2) is 15.8 Å². The van der Waals surface area contributed by atoms with Gasteiger partial charge in [0.25, 0.3) is 0 Å². The Bertz CT molecular complexity index is 621. The predicted molar refractivity (Wildman–Crippen MR) is 67.9 cm³/mol. The van der Waals surface area contributed by atoms with Gasteiger partial charge in [-0.2, -0.15) is 10.5 Å². The molecule has 2 rings (SSSR count). The van der Waals surface area contributed by atoms with Crippen LogP contribution in [0, 0.1) is 22.7 Å². The van der Waals surface area contributed by atoms with E-state index in [1.54, 1.807) is 30.5 Å². The summed E-state index contributed by atoms with van der Waals surface area (Å²) in [6.45, 7) is 1.44. The van der Waals surface area contributed by atoms with Crippen LogP contribution in [0.5, 0.6) is 0 Å². The highest BCUT2D eigenvalue weighted by molar-refractivity contribution is 5.92. The highest BCUT2D eigenvalue weighted by Crippen LogP contribution is 1.98. The van der Waals surface area contributed by atoms with E-state index in [2.05, 4.69) is 9.97 Å². The van der Waals surface area contributed by atoms with Crippen molar-refractivity contribution in [3.05, 3.63) is 59.7 Å². The molecule has 5 heteroatoms. The number of hydrogen-bond acceptors (Lipinski definition) is 5. The first-order valence-electron chi connectivity index (χ1n) is 5.34. The molecule has 0 bridgehead atoms. The van der Waals surface area contributed by atoms with Gasteiger partial charge in [-0.05, 0) is 24.3 Å². The molecule has 2 aromatic heterocycles. The molecule has 92 valence electrons. The Balaban J connectivity index is 0.000000200. The summed E-state index contributed by atoms with van der Waals surface area (Å²) in [5, 5.41) is 16.6. The Kier molecular flexibility index (Phi) is 5.39. The Hall–Kier alpha value is -3.05. The molecular formula is C14H10N4O. The van der Waals surface area contributed by atoms with Crippen molar-refractivity contribution in [3.63, 3.8) is 0 Å². The molecule has 2 aromatic rings. The van der Waals surface area contributed by atoms with Crippen molar-refractivity contribution in [2.24, 2.45) is 0 Å². The minimum absolute atomic E-state index is 0.0884. The van der Waals surface area contributed by atoms with Crippen LogP contribution < -0.4 is 0 Å². The fraction of sp³-hybridized carbons (Fsp3) is 0.0714. The Morgan fingerprint density at radius 2 is 1.79 bits per heavy atom. The maximum atomic E-state index is 10.7. The van der Waals surface area contributed by atoms with Gasteiger partial charge in [-0.1, -0.05) is 0 Å². The number of hydrogen-bond donors (Lipinski definition) is 0. The van der Waals surface area contributed by atoms with Crippen molar-refractivity contribution in [2.45, 2.75) is 6.92 Å². The number of aromatic nitrogens is 2. The summed E-state index contributed by atoms with van der Waals surface area (Å²) in [5.41, 5.74) is 1.46. The lowest BCUT2D eigenvalue weighted by atomic mass is 10.2. The van der Waals surface area contributed by atoms with E-state index in [9.17, 15) is 4.79 Å². The summed E-state index contributed by atoms with van der Waals surface area (Å²) in [5.74, 6) is -0.0884. The molecule has 0 aliphatic heterocycles. The first kappa shape index (κ1) is 14.0. The van der Waals surface area contributed by atoms with Crippen molar-refractivity contribution in [3.8, 4) is 12.1 Å². The average molecular weight is 250 g/mol. The van der Waals surface area contributed by atoms with Crippen LogP contribution in [0.3, 0.4) is 0 Å². The van der Waals surface area contributed by atoms with E-state index in [0.29, 0.717) is 16.8 Å². The Morgan fingerprint density at radius 1 is 1.11 bits per heavy atom. The predicted octanol–water partition coefficient (Wildman–Crippen LogP) is 2.11. The standard InChI is InChI=1S/C8H6N2O.C6H4N2/c1-6(11)8-3-2-7(4-9)5-10-8;7-4-6-2-1-3-8-5-6/h2-3,5H,1H3;1-3,5H. The van der Waals surface area contributed by atoms with E-state index < -0.39 is 0 Å². The van der Waals surface area contributed by atoms with Gasteiger partial charge in [0.15, 0.2) is 5.78 Å². The van der Waals surface area contributed by atoms with Crippen LogP contribution in [0.25, 0.3) is 0 Å². The van der Waals surface area contributed by atoms with Crippen molar-refractivity contribution in [2.75, 3.05) is 0 Å². The molecular weight excluding hydrogens is 240 g/mol. The lowest BCUT2D eigenvalue weighted by Crippen LogP contribution is -1.95. The van der Waals surface area contributed by atoms with Gasteiger partial charge in [0.2, 0.25) is 0 Å². The van der Waals surface area contributed by atoms with E-state index in [0.717, 1.165) is 0 Å². The van der Waals surface area contributed by atoms with Crippen molar-refractivity contribution >= 4 is 5.78 Å². The Labute approximate surface area is 110 Å². The molecule has 19 heavy (non-hydrogen) atoms. The molecule has 0 aromatic carbocycles. The topological polar surface area (TPSA) is 90.4 Å². The SMILES string of the molecule is CC(=O)c1ccc(C#N)cn1.N#Cc1cccnc1. The van der Waals surface area contributed by atoms with E-state index in [1.807, 2.05) is 12.1 Å². The fourth-order valence-corrected chi connectivity index (χ4v) is 1.10. The molecule has 0 saturated heterocycles. The number of Topliss-reactive ketones (excluding diaryl/α,β-unsaturated/α-hetero) is 1. The van der Waals surface area contributed by atoms with Gasteiger partial charge in [0, 0.05) is 25.5 Å². The maximum Gasteiger partial charge on any atom is 0.178 e. The first-order valence-corrected chi connectivity index (χ1v) is 5.34. The summed E-state index contributed by atoms with van der Waals surface area (Å²) in [6, 6.07) is 10.4. The van der Waals surface area contributed by atoms with E-state index >= 15 is 0 Å². The number of ketones is 1. The quantitative estimate of drug-likeness (QED) is 0.723. The zero-order valence-electron chi connectivity index (χ0n) is 10.2. The Morgan fingerprint density at radius 3 is 2.16 bits per heavy atom. The summed E-state index contributed by atoms with van der Waals surface area (Å²) in [7, 11) is 0. The third-order valence-corrected chi connectivity index (χ3v) is 2.04. The largest absolute Gasteiger partial charge is 0.293 e. The second-order valence-electron chi connectivity index (χ2n) is 3.45. The number of pyridine rings is 2. The molecule has 0 aliphatic carbocycles. The van der Waals surface area contributed by atoms with E-state index in [4.69, 9.17) is 10.5 Å². The summed E-state index contributed by atoms with van der Waals surface area (Å²) in [4.78, 5) is 18.2. The van der Waals surface area contributed by atoms with Gasteiger partial charge in [-0.15, -0.1) is 0 Å². The highest BCUT2D eigenvalue weighted by atomic mass is 16.1. The summed E-state index contributed by atoms with van der Waals surface area (Å²) >= 11 is 0. The summed E-state index contributed by atoms with van der Waals surface area (Å²) in [6.07, 6.45) is 4.55. The lowest BCUT2D eigenvalue weighted by Gasteiger charge is -1.91. The smallest absolute Gasteiger partial charge is 0.178 e. The molecule has 0 amide bonds. The molecule has 0 spiro atoms. The van der Waals surface area contributed by atoms with Gasteiger partial charge in [0.05, 0.1) is 11.1 Å². The van der Waals surface area contributed by atoms with Crippen LogP contribution in [0.1, 0.15) is 28.5 Å². The number of rotatable bonds is 1. The zero-order chi connectivity index (χ0) is 14.1. The van der Waals surface area contributed by atoms with Crippen LogP contribution in [0.4, 0.5) is 0 Å². The third-order valence-electron chi connectivity index (χ3n) is 2.04. The number of carbonyl (C=O) groups excluding carboxylic acids is 1. The molecule has 2 heterocycles. The van der Waals surface area contributed by atoms with Gasteiger partial charge in [-0.25, -0.2) is 0 Å². The number of carbonyl (C=O) groups is 1. The van der Waals surface area contributed by atoms with Crippen LogP contribution in [-0.2, 0) is 0 Å². The van der Waals surface area contributed by atoms with Crippen molar-refractivity contribution in [1.82, 2.24) is 9.97 Å². The van der Waals surface area contributed by atoms with E-state index in [1.165, 1.54) is 19.3 Å². The lowest BCUT2D eigenvalue weighted by molar-refractivity contribution is 0.101. The minimum atomic E-state index is -0.0884. The van der Waals surface area contributed by atoms with Crippen molar-refractivity contribution < 1.29 is 4.79 Å². The van der Waals surface area contributed by atoms with Gasteiger partial charge in [0.1, 0.15) is 17.8 Å². The summed E-state index contributed by atoms with van der Waals surface area (Å²) < 4.78 is 0. The normalized spacial score (nSPS) is 8.37. The van der Waals surface area contributed by atoms with Gasteiger partial charge < -0.3 is 0 Å². The first-order chi connectivity index (χ1) is 9.17. The van der Waals surface area contributed by atoms with Crippen LogP contribution >= 0.6 is 0 Å². The molecule has 0 unspecified atom stereocenters. The zero-order valence-corrected chi connectivity index (χ0v) is 10.2. The molecule has 0 aliphatic rings. The second kappa shape index (κ2) is 7.31. The van der Waals surface area contributed by atoms with Gasteiger partial charge >= 0.3 is 0 Å². The third kappa shape index (κ3) is 4.76. The van der Waals surface area contributed by atoms with Crippen LogP contribution in [0.15, 0.2) is 42.9 Å². The molecule has 0 atom stereocenters. The molecule has 0 radical (unpaired) electrons. The maximum absolute atomic E-state index is 10.7. The highest BCUT2D eigenvalue weighted by Gasteiger charge is 1.98. The molecule has 0 saturated carbocycles. The molecule has 5 nitrogen and oxygen atoms in total. The number of nitrogens with zero attached hydrogens (tertiary/aromatic N) is 4. The van der Waals surface area contributed by atoms with Crippen LogP contribution in [0.2, 0.25) is 0 Å². The number of nitriles is 2. The monoisotopic (exact) mass is 250 g/mol.